The summed E-state index contributed by atoms with van der Waals surface area (Å²) in [5.74, 6) is -1.14. The first-order valence-corrected chi connectivity index (χ1v) is 12.4. The maximum absolute atomic E-state index is 12.4. The highest BCUT2D eigenvalue weighted by Crippen LogP contribution is 2.23. The third kappa shape index (κ3) is 8.40. The van der Waals surface area contributed by atoms with Gasteiger partial charge in [0.05, 0.1) is 23.4 Å². The minimum Gasteiger partial charge on any atom is -0.481 e. The van der Waals surface area contributed by atoms with Crippen molar-refractivity contribution in [1.29, 1.82) is 5.26 Å². The number of carbonyl (C=O) groups is 3. The van der Waals surface area contributed by atoms with Crippen LogP contribution in [0.1, 0.15) is 37.7 Å². The van der Waals surface area contributed by atoms with E-state index in [0.29, 0.717) is 19.5 Å². The number of amides is 2. The Morgan fingerprint density at radius 3 is 2.53 bits per heavy atom. The molecule has 11 nitrogen and oxygen atoms in total. The predicted octanol–water partition coefficient (Wildman–Crippen LogP) is 0.702. The average Bonchev–Trinajstić information content (AvgIpc) is 3.42. The van der Waals surface area contributed by atoms with E-state index in [-0.39, 0.29) is 54.1 Å². The number of carbonyl (C=O) groups excluding carboxylic acids is 2. The fourth-order valence-corrected chi connectivity index (χ4v) is 4.35. The molecule has 0 unspecified atom stereocenters. The molecule has 1 aromatic carbocycles. The normalized spacial score (nSPS) is 21.8. The van der Waals surface area contributed by atoms with Crippen LogP contribution >= 0.6 is 0 Å². The Kier molecular flexibility index (Phi) is 9.97. The van der Waals surface area contributed by atoms with Crippen molar-refractivity contribution in [2.75, 3.05) is 19.6 Å². The first-order chi connectivity index (χ1) is 16.0. The molecule has 2 heterocycles. The standard InChI is InChI=1S/C15H22N4O4.C7H8O3S/c16-8-11-2-1-5-19(11)15(23)12-6-10(9-18-12)7-13(20)17-4-3-14(21)22;1-6-2-4-7(5-3-6)11(8,9)10/h10-12,18H,1-7,9H2,(H,17,20)(H,21,22);2-5H,1H3,(H,8,9,10)/t10-,11+,12+;/m1./s1. The molecule has 0 spiro atoms. The van der Waals surface area contributed by atoms with Gasteiger partial charge in [0, 0.05) is 19.5 Å². The molecule has 3 atom stereocenters. The number of carboxylic acid groups (broad SMARTS) is 1. The van der Waals surface area contributed by atoms with Gasteiger partial charge < -0.3 is 20.6 Å². The Balaban J connectivity index is 0.000000310. The Bertz CT molecular complexity index is 1020. The van der Waals surface area contributed by atoms with Crippen molar-refractivity contribution in [2.45, 2.75) is 56.0 Å². The van der Waals surface area contributed by atoms with E-state index in [1.807, 2.05) is 6.92 Å². The van der Waals surface area contributed by atoms with Gasteiger partial charge in [-0.1, -0.05) is 17.7 Å². The van der Waals surface area contributed by atoms with Gasteiger partial charge in [-0.05, 0) is 50.8 Å². The molecule has 2 saturated heterocycles. The number of rotatable bonds is 7. The molecule has 1 aromatic rings. The van der Waals surface area contributed by atoms with Gasteiger partial charge in [-0.25, -0.2) is 0 Å². The van der Waals surface area contributed by atoms with E-state index in [2.05, 4.69) is 16.7 Å². The second-order valence-corrected chi connectivity index (χ2v) is 9.79. The molecule has 0 saturated carbocycles. The monoisotopic (exact) mass is 494 g/mol. The summed E-state index contributed by atoms with van der Waals surface area (Å²) < 4.78 is 29.6. The smallest absolute Gasteiger partial charge is 0.305 e. The third-order valence-corrected chi connectivity index (χ3v) is 6.53. The van der Waals surface area contributed by atoms with E-state index in [9.17, 15) is 22.8 Å². The number of hydrogen-bond donors (Lipinski definition) is 4. The van der Waals surface area contributed by atoms with E-state index in [0.717, 1.165) is 18.4 Å². The number of nitrogens with one attached hydrogen (secondary N) is 2. The summed E-state index contributed by atoms with van der Waals surface area (Å²) in [6, 6.07) is 7.48. The van der Waals surface area contributed by atoms with Crippen molar-refractivity contribution >= 4 is 27.9 Å². The zero-order chi connectivity index (χ0) is 25.3. The van der Waals surface area contributed by atoms with Crippen molar-refractivity contribution in [2.24, 2.45) is 5.92 Å². The van der Waals surface area contributed by atoms with Crippen molar-refractivity contribution in [3.05, 3.63) is 29.8 Å². The van der Waals surface area contributed by atoms with E-state index in [1.165, 1.54) is 12.1 Å². The summed E-state index contributed by atoms with van der Waals surface area (Å²) in [6.07, 6.45) is 2.33. The van der Waals surface area contributed by atoms with Gasteiger partial charge in [-0.15, -0.1) is 0 Å². The minimum absolute atomic E-state index is 0.0527. The summed E-state index contributed by atoms with van der Waals surface area (Å²) in [7, 11) is -4.02. The van der Waals surface area contributed by atoms with Gasteiger partial charge in [0.25, 0.3) is 10.1 Å². The Labute approximate surface area is 198 Å². The first kappa shape index (κ1) is 27.2. The number of aliphatic carboxylic acids is 1. The number of carboxylic acids is 1. The highest BCUT2D eigenvalue weighted by molar-refractivity contribution is 7.85. The molecule has 34 heavy (non-hydrogen) atoms. The van der Waals surface area contributed by atoms with Gasteiger partial charge in [0.15, 0.2) is 0 Å². The number of hydrogen-bond acceptors (Lipinski definition) is 7. The molecule has 3 rings (SSSR count). The van der Waals surface area contributed by atoms with Crippen LogP contribution in [0.25, 0.3) is 0 Å². The highest BCUT2D eigenvalue weighted by Gasteiger charge is 2.37. The Morgan fingerprint density at radius 2 is 1.94 bits per heavy atom. The van der Waals surface area contributed by atoms with E-state index in [1.54, 1.807) is 17.0 Å². The lowest BCUT2D eigenvalue weighted by Crippen LogP contribution is -2.45. The van der Waals surface area contributed by atoms with Gasteiger partial charge in [0.2, 0.25) is 11.8 Å². The van der Waals surface area contributed by atoms with E-state index < -0.39 is 16.1 Å². The van der Waals surface area contributed by atoms with Crippen LogP contribution in [0, 0.1) is 24.2 Å². The summed E-state index contributed by atoms with van der Waals surface area (Å²) in [4.78, 5) is 36.1. The molecule has 2 aliphatic heterocycles. The molecule has 2 aliphatic rings. The van der Waals surface area contributed by atoms with E-state index >= 15 is 0 Å². The Morgan fingerprint density at radius 1 is 1.26 bits per heavy atom. The lowest BCUT2D eigenvalue weighted by molar-refractivity contribution is -0.137. The van der Waals surface area contributed by atoms with Crippen LogP contribution in [-0.2, 0) is 24.5 Å². The molecule has 0 radical (unpaired) electrons. The van der Waals surface area contributed by atoms with Crippen LogP contribution in [0.4, 0.5) is 0 Å². The summed E-state index contributed by atoms with van der Waals surface area (Å²) in [5, 5.41) is 23.3. The highest BCUT2D eigenvalue weighted by atomic mass is 32.2. The van der Waals surface area contributed by atoms with Gasteiger partial charge >= 0.3 is 5.97 Å². The van der Waals surface area contributed by atoms with Gasteiger partial charge in [-0.3, -0.25) is 18.9 Å². The molecular formula is C22H30N4O7S. The molecule has 4 N–H and O–H groups in total. The number of nitrogens with zero attached hydrogens (tertiary/aromatic N) is 2. The fraction of sp³-hybridized carbons (Fsp3) is 0.545. The largest absolute Gasteiger partial charge is 0.481 e. The number of nitriles is 1. The zero-order valence-corrected chi connectivity index (χ0v) is 19.8. The quantitative estimate of drug-likeness (QED) is 0.397. The van der Waals surface area contributed by atoms with Crippen LogP contribution in [0.5, 0.6) is 0 Å². The maximum Gasteiger partial charge on any atom is 0.305 e. The van der Waals surface area contributed by atoms with E-state index in [4.69, 9.17) is 14.9 Å². The molecular weight excluding hydrogens is 464 g/mol. The second kappa shape index (κ2) is 12.5. The molecule has 2 amide bonds. The third-order valence-electron chi connectivity index (χ3n) is 5.66. The van der Waals surface area contributed by atoms with Crippen LogP contribution < -0.4 is 10.6 Å². The summed E-state index contributed by atoms with van der Waals surface area (Å²) >= 11 is 0. The molecule has 0 bridgehead atoms. The van der Waals surface area contributed by atoms with Crippen LogP contribution in [0.3, 0.4) is 0 Å². The molecule has 186 valence electrons. The number of benzene rings is 1. The van der Waals surface area contributed by atoms with Crippen molar-refractivity contribution in [1.82, 2.24) is 15.5 Å². The molecule has 0 aliphatic carbocycles. The lowest BCUT2D eigenvalue weighted by Gasteiger charge is -2.23. The molecule has 0 aromatic heterocycles. The lowest BCUT2D eigenvalue weighted by atomic mass is 10.0. The van der Waals surface area contributed by atoms with Crippen LogP contribution in [0.2, 0.25) is 0 Å². The van der Waals surface area contributed by atoms with Crippen LogP contribution in [-0.4, -0.2) is 72.5 Å². The van der Waals surface area contributed by atoms with Crippen molar-refractivity contribution < 1.29 is 32.5 Å². The zero-order valence-electron chi connectivity index (χ0n) is 18.9. The Hall–Kier alpha value is -3.01. The van der Waals surface area contributed by atoms with Crippen molar-refractivity contribution in [3.8, 4) is 6.07 Å². The molecule has 2 fully saturated rings. The van der Waals surface area contributed by atoms with Gasteiger partial charge in [-0.2, -0.15) is 13.7 Å². The van der Waals surface area contributed by atoms with Gasteiger partial charge in [0.1, 0.15) is 6.04 Å². The minimum atomic E-state index is -4.02. The van der Waals surface area contributed by atoms with Crippen LogP contribution in [0.15, 0.2) is 29.2 Å². The fourth-order valence-electron chi connectivity index (χ4n) is 3.87. The predicted molar refractivity (Wildman–Crippen MR) is 121 cm³/mol. The number of aryl methyl sites for hydroxylation is 1. The average molecular weight is 495 g/mol. The summed E-state index contributed by atoms with van der Waals surface area (Å²) in [6.45, 7) is 3.16. The molecule has 12 heteroatoms. The van der Waals surface area contributed by atoms with Crippen molar-refractivity contribution in [3.63, 3.8) is 0 Å². The number of likely N-dealkylation sites (tertiary alicyclic amines) is 1. The first-order valence-electron chi connectivity index (χ1n) is 11.0. The second-order valence-electron chi connectivity index (χ2n) is 8.37. The summed E-state index contributed by atoms with van der Waals surface area (Å²) in [5.41, 5.74) is 0.956. The topological polar surface area (TPSA) is 177 Å². The SMILES string of the molecule is Cc1ccc(S(=O)(=O)O)cc1.N#C[C@@H]1CCCN1C(=O)[C@@H]1C[C@H](CC(=O)NCCC(=O)O)CN1. The maximum atomic E-state index is 12.4.